The zero-order chi connectivity index (χ0) is 16.9. The van der Waals surface area contributed by atoms with Gasteiger partial charge in [-0.15, -0.1) is 0 Å². The van der Waals surface area contributed by atoms with Gasteiger partial charge >= 0.3 is 0 Å². The second kappa shape index (κ2) is 7.60. The number of benzene rings is 1. The second-order valence-electron chi connectivity index (χ2n) is 5.12. The fraction of sp³-hybridized carbons (Fsp3) is 0.429. The Morgan fingerprint density at radius 1 is 1.32 bits per heavy atom. The fourth-order valence-electron chi connectivity index (χ4n) is 1.75. The highest BCUT2D eigenvalue weighted by atomic mass is 35.5. The van der Waals surface area contributed by atoms with Crippen molar-refractivity contribution in [1.29, 1.82) is 0 Å². The van der Waals surface area contributed by atoms with E-state index >= 15 is 0 Å². The molecule has 2 amide bonds. The molecule has 22 heavy (non-hydrogen) atoms. The van der Waals surface area contributed by atoms with Crippen LogP contribution in [-0.4, -0.2) is 38.3 Å². The van der Waals surface area contributed by atoms with Crippen LogP contribution in [0.1, 0.15) is 18.9 Å². The first-order valence-electron chi connectivity index (χ1n) is 6.60. The van der Waals surface area contributed by atoms with Gasteiger partial charge in [-0.1, -0.05) is 17.7 Å². The molecule has 0 bridgehead atoms. The molecule has 0 aliphatic carbocycles. The maximum absolute atomic E-state index is 12.2. The third-order valence-electron chi connectivity index (χ3n) is 2.91. The van der Waals surface area contributed by atoms with Crippen molar-refractivity contribution in [2.45, 2.75) is 26.3 Å². The minimum Gasteiger partial charge on any atom is -0.345 e. The second-order valence-corrected chi connectivity index (χ2v) is 7.79. The highest BCUT2D eigenvalue weighted by Crippen LogP contribution is 2.20. The summed E-state index contributed by atoms with van der Waals surface area (Å²) in [7, 11) is -3.23. The van der Waals surface area contributed by atoms with Gasteiger partial charge in [-0.2, -0.15) is 0 Å². The molecule has 0 aliphatic heterocycles. The molecule has 8 heteroatoms. The number of hydrogen-bond acceptors (Lipinski definition) is 4. The first kappa shape index (κ1) is 18.4. The van der Waals surface area contributed by atoms with Crippen molar-refractivity contribution in [3.8, 4) is 0 Å². The van der Waals surface area contributed by atoms with E-state index in [4.69, 9.17) is 11.6 Å². The van der Waals surface area contributed by atoms with Crippen LogP contribution in [-0.2, 0) is 19.4 Å². The molecule has 0 radical (unpaired) electrons. The lowest BCUT2D eigenvalue weighted by molar-refractivity contribution is -0.125. The van der Waals surface area contributed by atoms with Gasteiger partial charge in [0, 0.05) is 23.9 Å². The minimum absolute atomic E-state index is 0.00381. The molecule has 0 unspecified atom stereocenters. The summed E-state index contributed by atoms with van der Waals surface area (Å²) in [5.74, 6) is -1.09. The normalized spacial score (nSPS) is 12.5. The summed E-state index contributed by atoms with van der Waals surface area (Å²) in [6.07, 6.45) is 1.08. The van der Waals surface area contributed by atoms with Gasteiger partial charge in [-0.3, -0.25) is 9.59 Å². The maximum atomic E-state index is 12.2. The number of aryl methyl sites for hydroxylation is 1. The SMILES string of the molecule is CC(=O)N[C@@H](CCS(C)(=O)=O)C(=O)Nc1ccc(C)c(Cl)c1. The number of nitrogens with one attached hydrogen (secondary N) is 2. The lowest BCUT2D eigenvalue weighted by Gasteiger charge is -2.17. The van der Waals surface area contributed by atoms with Gasteiger partial charge in [0.2, 0.25) is 11.8 Å². The molecule has 1 aromatic carbocycles. The number of hydrogen-bond donors (Lipinski definition) is 2. The van der Waals surface area contributed by atoms with Crippen LogP contribution in [0.3, 0.4) is 0 Å². The van der Waals surface area contributed by atoms with E-state index in [1.54, 1.807) is 18.2 Å². The molecule has 6 nitrogen and oxygen atoms in total. The van der Waals surface area contributed by atoms with Gasteiger partial charge in [0.15, 0.2) is 0 Å². The summed E-state index contributed by atoms with van der Waals surface area (Å²) in [6, 6.07) is 4.10. The summed E-state index contributed by atoms with van der Waals surface area (Å²) in [5.41, 5.74) is 1.35. The molecule has 0 spiro atoms. The van der Waals surface area contributed by atoms with Crippen molar-refractivity contribution in [2.24, 2.45) is 0 Å². The molecule has 2 N–H and O–H groups in total. The topological polar surface area (TPSA) is 92.3 Å². The Labute approximate surface area is 135 Å². The molecule has 122 valence electrons. The zero-order valence-corrected chi connectivity index (χ0v) is 14.2. The van der Waals surface area contributed by atoms with Gasteiger partial charge in [0.25, 0.3) is 0 Å². The van der Waals surface area contributed by atoms with E-state index in [0.717, 1.165) is 11.8 Å². The number of rotatable bonds is 6. The predicted molar refractivity (Wildman–Crippen MR) is 86.8 cm³/mol. The van der Waals surface area contributed by atoms with Crippen LogP contribution in [0.5, 0.6) is 0 Å². The van der Waals surface area contributed by atoms with Crippen LogP contribution in [0.25, 0.3) is 0 Å². The summed E-state index contributed by atoms with van der Waals surface area (Å²) >= 11 is 5.98. The standard InChI is InChI=1S/C14H19ClN2O4S/c1-9-4-5-11(8-12(9)15)17-14(19)13(16-10(2)18)6-7-22(3,20)21/h4-5,8,13H,6-7H2,1-3H3,(H,16,18)(H,17,19)/t13-/m0/s1. The fourth-order valence-corrected chi connectivity index (χ4v) is 2.59. The monoisotopic (exact) mass is 346 g/mol. The number of amides is 2. The smallest absolute Gasteiger partial charge is 0.246 e. The number of anilines is 1. The summed E-state index contributed by atoms with van der Waals surface area (Å²) in [5, 5.41) is 5.57. The lowest BCUT2D eigenvalue weighted by atomic mass is 10.2. The average Bonchev–Trinajstić information content (AvgIpc) is 2.37. The third-order valence-corrected chi connectivity index (χ3v) is 4.30. The van der Waals surface area contributed by atoms with Gasteiger partial charge in [-0.25, -0.2) is 8.42 Å². The Balaban J connectivity index is 2.81. The molecule has 0 heterocycles. The Hall–Kier alpha value is -1.60. The van der Waals surface area contributed by atoms with E-state index in [0.29, 0.717) is 10.7 Å². The zero-order valence-electron chi connectivity index (χ0n) is 12.6. The van der Waals surface area contributed by atoms with Crippen LogP contribution in [0.2, 0.25) is 5.02 Å². The van der Waals surface area contributed by atoms with E-state index < -0.39 is 27.7 Å². The number of carbonyl (C=O) groups excluding carboxylic acids is 2. The van der Waals surface area contributed by atoms with Gasteiger partial charge < -0.3 is 10.6 Å². The first-order valence-corrected chi connectivity index (χ1v) is 9.04. The maximum Gasteiger partial charge on any atom is 0.246 e. The third kappa shape index (κ3) is 6.44. The predicted octanol–water partition coefficient (Wildman–Crippen LogP) is 1.53. The molecule has 0 saturated heterocycles. The van der Waals surface area contributed by atoms with Gasteiger partial charge in [0.05, 0.1) is 5.75 Å². The van der Waals surface area contributed by atoms with Gasteiger partial charge in [0.1, 0.15) is 15.9 Å². The van der Waals surface area contributed by atoms with Crippen molar-refractivity contribution >= 4 is 38.9 Å². The van der Waals surface area contributed by atoms with Crippen molar-refractivity contribution in [3.63, 3.8) is 0 Å². The highest BCUT2D eigenvalue weighted by molar-refractivity contribution is 7.90. The minimum atomic E-state index is -3.23. The van der Waals surface area contributed by atoms with Crippen LogP contribution in [0, 0.1) is 6.92 Å². The van der Waals surface area contributed by atoms with E-state index in [2.05, 4.69) is 10.6 Å². The molecule has 0 saturated carbocycles. The first-order chi connectivity index (χ1) is 10.1. The molecule has 0 aliphatic rings. The lowest BCUT2D eigenvalue weighted by Crippen LogP contribution is -2.43. The Morgan fingerprint density at radius 3 is 2.45 bits per heavy atom. The van der Waals surface area contributed by atoms with Crippen LogP contribution in [0.15, 0.2) is 18.2 Å². The van der Waals surface area contributed by atoms with Crippen LogP contribution < -0.4 is 10.6 Å². The Kier molecular flexibility index (Phi) is 6.37. The van der Waals surface area contributed by atoms with E-state index in [1.807, 2.05) is 6.92 Å². The van der Waals surface area contributed by atoms with Crippen molar-refractivity contribution in [2.75, 3.05) is 17.3 Å². The number of halogens is 1. The van der Waals surface area contributed by atoms with E-state index in [-0.39, 0.29) is 12.2 Å². The molecule has 0 aromatic heterocycles. The Morgan fingerprint density at radius 2 is 1.95 bits per heavy atom. The molecule has 1 aromatic rings. The molecule has 1 atom stereocenters. The molecular formula is C14H19ClN2O4S. The largest absolute Gasteiger partial charge is 0.345 e. The van der Waals surface area contributed by atoms with Crippen molar-refractivity contribution < 1.29 is 18.0 Å². The number of sulfone groups is 1. The van der Waals surface area contributed by atoms with E-state index in [1.165, 1.54) is 6.92 Å². The van der Waals surface area contributed by atoms with E-state index in [9.17, 15) is 18.0 Å². The van der Waals surface area contributed by atoms with Gasteiger partial charge in [-0.05, 0) is 31.0 Å². The molecular weight excluding hydrogens is 328 g/mol. The van der Waals surface area contributed by atoms with Crippen LogP contribution in [0.4, 0.5) is 5.69 Å². The van der Waals surface area contributed by atoms with Crippen molar-refractivity contribution in [1.82, 2.24) is 5.32 Å². The van der Waals surface area contributed by atoms with Crippen molar-refractivity contribution in [3.05, 3.63) is 28.8 Å². The quantitative estimate of drug-likeness (QED) is 0.817. The number of carbonyl (C=O) groups is 2. The highest BCUT2D eigenvalue weighted by Gasteiger charge is 2.21. The van der Waals surface area contributed by atoms with Crippen LogP contribution >= 0.6 is 11.6 Å². The Bertz CT molecular complexity index is 673. The molecule has 1 rings (SSSR count). The average molecular weight is 347 g/mol. The summed E-state index contributed by atoms with van der Waals surface area (Å²) in [6.45, 7) is 3.10. The molecule has 0 fully saturated rings. The summed E-state index contributed by atoms with van der Waals surface area (Å²) < 4.78 is 22.4. The summed E-state index contributed by atoms with van der Waals surface area (Å²) in [4.78, 5) is 23.4.